The number of carbonyl (C=O) groups excluding carboxylic acids is 1. The zero-order valence-electron chi connectivity index (χ0n) is 47.5. The molecule has 3 N–H and O–H groups in total. The van der Waals surface area contributed by atoms with Crippen molar-refractivity contribution in [3.63, 3.8) is 0 Å². The van der Waals surface area contributed by atoms with E-state index < -0.39 is 20.0 Å². The predicted molar refractivity (Wildman–Crippen MR) is 322 cm³/mol. The summed E-state index contributed by atoms with van der Waals surface area (Å²) in [6, 6.07) is -0.885. The molecular formula is C65H108N2O6P+. The highest BCUT2D eigenvalue weighted by molar-refractivity contribution is 7.47. The fourth-order valence-electron chi connectivity index (χ4n) is 7.24. The van der Waals surface area contributed by atoms with Crippen molar-refractivity contribution < 1.29 is 32.9 Å². The summed E-state index contributed by atoms with van der Waals surface area (Å²) < 4.78 is 23.6. The molecule has 0 aliphatic rings. The molecule has 0 aromatic carbocycles. The van der Waals surface area contributed by atoms with Crippen molar-refractivity contribution in [1.29, 1.82) is 0 Å². The minimum Gasteiger partial charge on any atom is -0.387 e. The molecule has 1 amide bonds. The van der Waals surface area contributed by atoms with Crippen LogP contribution in [-0.4, -0.2) is 73.4 Å². The first-order chi connectivity index (χ1) is 36.0. The minimum absolute atomic E-state index is 0.0433. The second-order valence-corrected chi connectivity index (χ2v) is 21.4. The molecule has 0 fully saturated rings. The maximum Gasteiger partial charge on any atom is 0.472 e. The SMILES string of the molecule is CC/C=C\C/C=C\C/C=C\C/C=C\C/C=C\C/C=C\C/C=C\C/C=C\C/C=C\C/C=C\C/C=C\CCCCCCCC(=O)NC(COP(=O)(O)OCC[N+](C)(C)C)C(O)/C=C/CC/C=C/CCCCCCCCC. The summed E-state index contributed by atoms with van der Waals surface area (Å²) in [5.74, 6) is -0.214. The molecule has 74 heavy (non-hydrogen) atoms. The molecule has 9 heteroatoms. The Labute approximate surface area is 454 Å². The van der Waals surface area contributed by atoms with Gasteiger partial charge >= 0.3 is 7.82 Å². The van der Waals surface area contributed by atoms with Crippen molar-refractivity contribution in [2.24, 2.45) is 0 Å². The second-order valence-electron chi connectivity index (χ2n) is 19.9. The van der Waals surface area contributed by atoms with Gasteiger partial charge in [-0.15, -0.1) is 0 Å². The third-order valence-corrected chi connectivity index (χ3v) is 12.7. The van der Waals surface area contributed by atoms with Gasteiger partial charge in [-0.2, -0.15) is 0 Å². The normalized spacial score (nSPS) is 15.1. The van der Waals surface area contributed by atoms with E-state index in [9.17, 15) is 19.4 Å². The first kappa shape index (κ1) is 70.1. The zero-order valence-corrected chi connectivity index (χ0v) is 48.4. The highest BCUT2D eigenvalue weighted by Crippen LogP contribution is 2.43. The van der Waals surface area contributed by atoms with Gasteiger partial charge in [-0.3, -0.25) is 13.8 Å². The van der Waals surface area contributed by atoms with E-state index >= 15 is 0 Å². The monoisotopic (exact) mass is 1040 g/mol. The number of allylic oxidation sites excluding steroid dienone is 25. The minimum atomic E-state index is -4.37. The highest BCUT2D eigenvalue weighted by atomic mass is 31.2. The van der Waals surface area contributed by atoms with Gasteiger partial charge in [0.15, 0.2) is 0 Å². The van der Waals surface area contributed by atoms with Crippen molar-refractivity contribution >= 4 is 13.7 Å². The Balaban J connectivity index is 4.22. The number of aliphatic hydroxyl groups excluding tert-OH is 1. The number of amides is 1. The lowest BCUT2D eigenvalue weighted by Gasteiger charge is -2.25. The number of likely N-dealkylation sites (N-methyl/N-ethyl adjacent to an activating group) is 1. The second kappa shape index (κ2) is 53.9. The number of phosphoric ester groups is 1. The largest absolute Gasteiger partial charge is 0.472 e. The van der Waals surface area contributed by atoms with E-state index in [4.69, 9.17) is 9.05 Å². The Morgan fingerprint density at radius 1 is 0.473 bits per heavy atom. The van der Waals surface area contributed by atoms with Gasteiger partial charge in [0.1, 0.15) is 13.2 Å². The van der Waals surface area contributed by atoms with Gasteiger partial charge in [-0.05, 0) is 116 Å². The maximum atomic E-state index is 12.9. The van der Waals surface area contributed by atoms with Crippen molar-refractivity contribution in [2.45, 2.75) is 206 Å². The number of unbranched alkanes of at least 4 members (excludes halogenated alkanes) is 13. The summed E-state index contributed by atoms with van der Waals surface area (Å²) >= 11 is 0. The first-order valence-electron chi connectivity index (χ1n) is 28.9. The van der Waals surface area contributed by atoms with Gasteiger partial charge in [-0.25, -0.2) is 4.57 Å². The number of nitrogens with one attached hydrogen (secondary N) is 1. The average Bonchev–Trinajstić information content (AvgIpc) is 3.36. The molecule has 0 rings (SSSR count). The summed E-state index contributed by atoms with van der Waals surface area (Å²) in [5.41, 5.74) is 0. The van der Waals surface area contributed by atoms with Crippen LogP contribution in [0.15, 0.2) is 158 Å². The Hall–Kier alpha value is -3.88. The van der Waals surface area contributed by atoms with Crippen LogP contribution < -0.4 is 5.32 Å². The molecule has 0 saturated carbocycles. The fraction of sp³-hybridized carbons (Fsp3) is 0.585. The summed E-state index contributed by atoms with van der Waals surface area (Å²) in [6.07, 6.45) is 84.9. The molecule has 0 aliphatic carbocycles. The Morgan fingerprint density at radius 3 is 1.24 bits per heavy atom. The molecule has 3 unspecified atom stereocenters. The third-order valence-electron chi connectivity index (χ3n) is 11.7. The lowest BCUT2D eigenvalue weighted by atomic mass is 10.1. The standard InChI is InChI=1S/C65H107N2O6P/c1-6-8-10-12-14-16-18-20-21-22-23-24-25-26-27-28-29-30-31-32-33-34-35-36-37-38-39-40-41-42-43-44-45-47-49-51-53-55-57-59-65(69)66-63(62-73-74(70,71)72-61-60-67(3,4)5)64(68)58-56-54-52-50-48-46-19-17-15-13-11-9-7-2/h8,10,14,16,20-21,23-24,26-27,29-30,32-33,35-36,38-39,41-42,44-45,48,50,56,58,63-64,68H,6-7,9,11-13,15,17-19,22,25,28,31,34,37,40,43,46-47,49,51-55,57,59-62H2,1-5H3,(H-,66,69,70,71)/p+1/b10-8-,16-14-,21-20-,24-23-,27-26-,30-29-,33-32-,36-35-,39-38-,42-41-,45-44-,50-48+,58-56+. The van der Waals surface area contributed by atoms with Crippen LogP contribution in [0.1, 0.15) is 194 Å². The highest BCUT2D eigenvalue weighted by Gasteiger charge is 2.27. The number of carbonyl (C=O) groups is 1. The van der Waals surface area contributed by atoms with Crippen molar-refractivity contribution in [2.75, 3.05) is 40.9 Å². The van der Waals surface area contributed by atoms with E-state index in [1.54, 1.807) is 6.08 Å². The van der Waals surface area contributed by atoms with Crippen LogP contribution in [0.4, 0.5) is 0 Å². The molecule has 3 atom stereocenters. The van der Waals surface area contributed by atoms with Crippen LogP contribution >= 0.6 is 7.82 Å². The van der Waals surface area contributed by atoms with Gasteiger partial charge in [0.2, 0.25) is 5.91 Å². The first-order valence-corrected chi connectivity index (χ1v) is 30.4. The molecule has 418 valence electrons. The van der Waals surface area contributed by atoms with Crippen molar-refractivity contribution in [1.82, 2.24) is 5.32 Å². The van der Waals surface area contributed by atoms with Crippen molar-refractivity contribution in [3.05, 3.63) is 158 Å². The van der Waals surface area contributed by atoms with Gasteiger partial charge in [0.25, 0.3) is 0 Å². The molecule has 0 aliphatic heterocycles. The van der Waals surface area contributed by atoms with Crippen LogP contribution in [0.25, 0.3) is 0 Å². The van der Waals surface area contributed by atoms with Crippen molar-refractivity contribution in [3.8, 4) is 0 Å². The Bertz CT molecular complexity index is 1750. The molecule has 0 heterocycles. The molecule has 0 bridgehead atoms. The lowest BCUT2D eigenvalue weighted by Crippen LogP contribution is -2.45. The number of nitrogens with zero attached hydrogens (tertiary/aromatic N) is 1. The van der Waals surface area contributed by atoms with E-state index in [1.165, 1.54) is 44.9 Å². The smallest absolute Gasteiger partial charge is 0.387 e. The van der Waals surface area contributed by atoms with Gasteiger partial charge in [0, 0.05) is 6.42 Å². The van der Waals surface area contributed by atoms with E-state index in [-0.39, 0.29) is 19.1 Å². The number of phosphoric acid groups is 1. The fourth-order valence-corrected chi connectivity index (χ4v) is 7.97. The van der Waals surface area contributed by atoms with E-state index in [0.29, 0.717) is 17.4 Å². The van der Waals surface area contributed by atoms with E-state index in [1.807, 2.05) is 27.2 Å². The van der Waals surface area contributed by atoms with E-state index in [2.05, 4.69) is 165 Å². The zero-order chi connectivity index (χ0) is 54.2. The summed E-state index contributed by atoms with van der Waals surface area (Å²) in [4.78, 5) is 23.2. The Kier molecular flexibility index (Phi) is 51.1. The lowest BCUT2D eigenvalue weighted by molar-refractivity contribution is -0.870. The van der Waals surface area contributed by atoms with Crippen LogP contribution in [0.2, 0.25) is 0 Å². The summed E-state index contributed by atoms with van der Waals surface area (Å²) in [6.45, 7) is 4.62. The molecule has 0 saturated heterocycles. The number of rotatable bonds is 50. The number of aliphatic hydroxyl groups is 1. The summed E-state index contributed by atoms with van der Waals surface area (Å²) in [7, 11) is 1.51. The van der Waals surface area contributed by atoms with Gasteiger partial charge in [0.05, 0.1) is 39.9 Å². The third kappa shape index (κ3) is 55.9. The van der Waals surface area contributed by atoms with E-state index in [0.717, 1.165) is 128 Å². The van der Waals surface area contributed by atoms with Crippen LogP contribution in [0.5, 0.6) is 0 Å². The Morgan fingerprint density at radius 2 is 0.824 bits per heavy atom. The predicted octanol–water partition coefficient (Wildman–Crippen LogP) is 17.9. The quantitative estimate of drug-likeness (QED) is 0.0243. The summed E-state index contributed by atoms with van der Waals surface area (Å²) in [5, 5.41) is 13.8. The molecular weight excluding hydrogens is 936 g/mol. The molecule has 0 aromatic rings. The molecule has 0 aromatic heterocycles. The topological polar surface area (TPSA) is 105 Å². The maximum absolute atomic E-state index is 12.9. The van der Waals surface area contributed by atoms with Gasteiger partial charge < -0.3 is 19.8 Å². The number of hydrogen-bond acceptors (Lipinski definition) is 5. The number of quaternary nitrogens is 1. The van der Waals surface area contributed by atoms with Crippen LogP contribution in [-0.2, 0) is 18.4 Å². The molecule has 0 spiro atoms. The van der Waals surface area contributed by atoms with Gasteiger partial charge in [-0.1, -0.05) is 230 Å². The molecule has 8 nitrogen and oxygen atoms in total. The molecule has 0 radical (unpaired) electrons. The van der Waals surface area contributed by atoms with Crippen LogP contribution in [0.3, 0.4) is 0 Å². The average molecular weight is 1040 g/mol. The van der Waals surface area contributed by atoms with Crippen LogP contribution in [0, 0.1) is 0 Å². The number of hydrogen-bond donors (Lipinski definition) is 3.